The van der Waals surface area contributed by atoms with E-state index in [4.69, 9.17) is 0 Å². The van der Waals surface area contributed by atoms with Crippen molar-refractivity contribution >= 4 is 29.1 Å². The van der Waals surface area contributed by atoms with Crippen molar-refractivity contribution in [3.63, 3.8) is 0 Å². The van der Waals surface area contributed by atoms with Crippen LogP contribution in [-0.4, -0.2) is 37.4 Å². The minimum Gasteiger partial charge on any atom is -0.354 e. The fraction of sp³-hybridized carbons (Fsp3) is 0.278. The number of carbonyl (C=O) groups is 3. The summed E-state index contributed by atoms with van der Waals surface area (Å²) in [5, 5.41) is 11.5. The van der Waals surface area contributed by atoms with Crippen molar-refractivity contribution in [1.82, 2.24) is 16.0 Å². The molecule has 0 aliphatic carbocycles. The number of thiophene rings is 1. The van der Waals surface area contributed by atoms with Gasteiger partial charge >= 0.3 is 0 Å². The zero-order chi connectivity index (χ0) is 18.8. The van der Waals surface area contributed by atoms with Crippen molar-refractivity contribution < 1.29 is 18.8 Å². The van der Waals surface area contributed by atoms with Crippen LogP contribution in [0, 0.1) is 5.82 Å². The predicted molar refractivity (Wildman–Crippen MR) is 97.4 cm³/mol. The van der Waals surface area contributed by atoms with Crippen LogP contribution in [0.3, 0.4) is 0 Å². The third-order valence-corrected chi connectivity index (χ3v) is 4.13. The van der Waals surface area contributed by atoms with Gasteiger partial charge in [-0.05, 0) is 29.1 Å². The molecule has 138 valence electrons. The fourth-order valence-electron chi connectivity index (χ4n) is 2.17. The molecule has 0 atom stereocenters. The Morgan fingerprint density at radius 1 is 0.962 bits per heavy atom. The number of benzene rings is 1. The predicted octanol–water partition coefficient (Wildman–Crippen LogP) is 1.48. The topological polar surface area (TPSA) is 87.3 Å². The van der Waals surface area contributed by atoms with Crippen molar-refractivity contribution in [3.8, 4) is 0 Å². The third kappa shape index (κ3) is 7.02. The molecular formula is C18H20FN3O3S. The van der Waals surface area contributed by atoms with Gasteiger partial charge in [-0.3, -0.25) is 14.4 Å². The van der Waals surface area contributed by atoms with E-state index in [0.717, 1.165) is 0 Å². The zero-order valence-electron chi connectivity index (χ0n) is 14.1. The average Bonchev–Trinajstić information content (AvgIpc) is 3.13. The summed E-state index contributed by atoms with van der Waals surface area (Å²) in [4.78, 5) is 35.1. The number of hydrogen-bond acceptors (Lipinski definition) is 4. The highest BCUT2D eigenvalue weighted by Crippen LogP contribution is 2.05. The Labute approximate surface area is 154 Å². The van der Waals surface area contributed by atoms with Crippen LogP contribution in [0.15, 0.2) is 41.1 Å². The van der Waals surface area contributed by atoms with Crippen LogP contribution in [0.5, 0.6) is 0 Å². The molecule has 0 aliphatic heterocycles. The first-order valence-electron chi connectivity index (χ1n) is 8.13. The molecule has 0 saturated heterocycles. The fourth-order valence-corrected chi connectivity index (χ4v) is 2.81. The highest BCUT2D eigenvalue weighted by molar-refractivity contribution is 7.08. The Morgan fingerprint density at radius 2 is 1.73 bits per heavy atom. The van der Waals surface area contributed by atoms with E-state index >= 15 is 0 Å². The second-order valence-electron chi connectivity index (χ2n) is 5.52. The largest absolute Gasteiger partial charge is 0.354 e. The monoisotopic (exact) mass is 377 g/mol. The Balaban J connectivity index is 1.54. The number of hydrogen-bond donors (Lipinski definition) is 3. The summed E-state index contributed by atoms with van der Waals surface area (Å²) in [6.45, 7) is 0.805. The minimum atomic E-state index is -0.381. The summed E-state index contributed by atoms with van der Waals surface area (Å²) < 4.78 is 13.0. The summed E-state index contributed by atoms with van der Waals surface area (Å²) in [7, 11) is 0. The minimum absolute atomic E-state index is 0.0837. The number of carbonyl (C=O) groups excluding carboxylic acids is 3. The maximum atomic E-state index is 13.0. The van der Waals surface area contributed by atoms with Gasteiger partial charge in [0.1, 0.15) is 5.82 Å². The molecule has 0 aliphatic rings. The number of rotatable bonds is 9. The van der Waals surface area contributed by atoms with Crippen molar-refractivity contribution in [1.29, 1.82) is 0 Å². The molecule has 6 nitrogen and oxygen atoms in total. The average molecular weight is 377 g/mol. The first-order valence-corrected chi connectivity index (χ1v) is 9.07. The van der Waals surface area contributed by atoms with E-state index in [-0.39, 0.29) is 56.0 Å². The molecule has 1 aromatic heterocycles. The van der Waals surface area contributed by atoms with Gasteiger partial charge in [-0.1, -0.05) is 12.1 Å². The van der Waals surface area contributed by atoms with Crippen molar-refractivity contribution in [2.24, 2.45) is 0 Å². The molecule has 1 aromatic carbocycles. The van der Waals surface area contributed by atoms with E-state index in [1.165, 1.54) is 23.5 Å². The van der Waals surface area contributed by atoms with Gasteiger partial charge in [0.25, 0.3) is 5.91 Å². The van der Waals surface area contributed by atoms with Crippen LogP contribution in [0.2, 0.25) is 0 Å². The van der Waals surface area contributed by atoms with E-state index in [0.29, 0.717) is 11.1 Å². The third-order valence-electron chi connectivity index (χ3n) is 3.44. The van der Waals surface area contributed by atoms with Crippen LogP contribution in [0.1, 0.15) is 22.3 Å². The lowest BCUT2D eigenvalue weighted by Crippen LogP contribution is -2.36. The first kappa shape index (κ1) is 19.6. The number of nitrogens with one attached hydrogen (secondary N) is 3. The summed E-state index contributed by atoms with van der Waals surface area (Å²) >= 11 is 1.43. The quantitative estimate of drug-likeness (QED) is 0.579. The lowest BCUT2D eigenvalue weighted by molar-refractivity contribution is -0.122. The lowest BCUT2D eigenvalue weighted by atomic mass is 10.1. The smallest absolute Gasteiger partial charge is 0.252 e. The van der Waals surface area contributed by atoms with Crippen molar-refractivity contribution in [2.75, 3.05) is 19.6 Å². The molecule has 1 heterocycles. The summed E-state index contributed by atoms with van der Waals surface area (Å²) in [5.74, 6) is -1.04. The van der Waals surface area contributed by atoms with Crippen molar-refractivity contribution in [3.05, 3.63) is 58.0 Å². The summed E-state index contributed by atoms with van der Waals surface area (Å²) in [6, 6.07) is 7.57. The van der Waals surface area contributed by atoms with Gasteiger partial charge < -0.3 is 16.0 Å². The number of amides is 3. The molecule has 0 fully saturated rings. The second-order valence-corrected chi connectivity index (χ2v) is 6.30. The maximum absolute atomic E-state index is 13.0. The van der Waals surface area contributed by atoms with Gasteiger partial charge in [0.2, 0.25) is 11.8 Å². The molecule has 0 radical (unpaired) electrons. The normalized spacial score (nSPS) is 10.2. The Kier molecular flexibility index (Phi) is 7.75. The Morgan fingerprint density at radius 3 is 2.42 bits per heavy atom. The van der Waals surface area contributed by atoms with Gasteiger partial charge in [-0.25, -0.2) is 4.39 Å². The van der Waals surface area contributed by atoms with E-state index in [1.54, 1.807) is 23.6 Å². The molecular weight excluding hydrogens is 357 g/mol. The molecule has 0 saturated carbocycles. The van der Waals surface area contributed by atoms with Crippen LogP contribution in [0.4, 0.5) is 4.39 Å². The highest BCUT2D eigenvalue weighted by Gasteiger charge is 2.07. The molecule has 8 heteroatoms. The van der Waals surface area contributed by atoms with Gasteiger partial charge in [-0.15, -0.1) is 0 Å². The van der Waals surface area contributed by atoms with E-state index < -0.39 is 0 Å². The van der Waals surface area contributed by atoms with Gasteiger partial charge in [0.05, 0.1) is 6.42 Å². The van der Waals surface area contributed by atoms with Crippen LogP contribution in [-0.2, 0) is 16.0 Å². The van der Waals surface area contributed by atoms with Crippen molar-refractivity contribution in [2.45, 2.75) is 12.8 Å². The van der Waals surface area contributed by atoms with Crippen LogP contribution < -0.4 is 16.0 Å². The molecule has 0 spiro atoms. The Hall–Kier alpha value is -2.74. The molecule has 0 unspecified atom stereocenters. The highest BCUT2D eigenvalue weighted by atomic mass is 32.1. The van der Waals surface area contributed by atoms with Gasteiger partial charge in [0.15, 0.2) is 0 Å². The van der Waals surface area contributed by atoms with Gasteiger partial charge in [0, 0.05) is 37.0 Å². The molecule has 3 N–H and O–H groups in total. The molecule has 2 rings (SSSR count). The second kappa shape index (κ2) is 10.3. The molecule has 0 bridgehead atoms. The lowest BCUT2D eigenvalue weighted by Gasteiger charge is -2.08. The molecule has 3 amide bonds. The number of halogens is 1. The van der Waals surface area contributed by atoms with E-state index in [9.17, 15) is 18.8 Å². The molecule has 26 heavy (non-hydrogen) atoms. The van der Waals surface area contributed by atoms with E-state index in [1.807, 2.05) is 5.38 Å². The Bertz CT molecular complexity index is 750. The summed E-state index contributed by atoms with van der Waals surface area (Å²) in [5.41, 5.74) is 1.17. The maximum Gasteiger partial charge on any atom is 0.252 e. The van der Waals surface area contributed by atoms with E-state index in [2.05, 4.69) is 16.0 Å². The van der Waals surface area contributed by atoms with Gasteiger partial charge in [-0.2, -0.15) is 11.3 Å². The molecule has 2 aromatic rings. The SMILES string of the molecule is O=C(CCNC(=O)c1ccsc1)NCCNC(=O)Cc1cccc(F)c1. The standard InChI is InChI=1S/C18H20FN3O3S/c19-15-3-1-2-13(10-15)11-17(24)21-8-7-20-16(23)4-6-22-18(25)14-5-9-26-12-14/h1-3,5,9-10,12H,4,6-8,11H2,(H,20,23)(H,21,24)(H,22,25). The van der Waals surface area contributed by atoms with Crippen LogP contribution >= 0.6 is 11.3 Å². The first-order chi connectivity index (χ1) is 12.5. The zero-order valence-corrected chi connectivity index (χ0v) is 14.9. The summed E-state index contributed by atoms with van der Waals surface area (Å²) in [6.07, 6.45) is 0.243. The van der Waals surface area contributed by atoms with Crippen LogP contribution in [0.25, 0.3) is 0 Å².